The van der Waals surface area contributed by atoms with Crippen molar-refractivity contribution in [1.82, 2.24) is 5.32 Å². The summed E-state index contributed by atoms with van der Waals surface area (Å²) in [6.45, 7) is 2.78. The van der Waals surface area contributed by atoms with E-state index in [0.717, 1.165) is 11.8 Å². The SMILES string of the molecule is Cc1ccc(CNC(=O)[C@@H](N)CCOc2cccc(C=O)c2)cc1. The highest BCUT2D eigenvalue weighted by Crippen LogP contribution is 2.12. The van der Waals surface area contributed by atoms with Crippen LogP contribution in [-0.2, 0) is 11.3 Å². The van der Waals surface area contributed by atoms with Crippen molar-refractivity contribution in [1.29, 1.82) is 0 Å². The van der Waals surface area contributed by atoms with Crippen LogP contribution in [0.1, 0.15) is 27.9 Å². The standard InChI is InChI=1S/C19H22N2O3/c1-14-5-7-15(8-6-14)12-21-19(23)18(20)9-10-24-17-4-2-3-16(11-17)13-22/h2-8,11,13,18H,9-10,12,20H2,1H3,(H,21,23)/t18-/m0/s1. The van der Waals surface area contributed by atoms with E-state index in [1.165, 1.54) is 5.56 Å². The van der Waals surface area contributed by atoms with Gasteiger partial charge < -0.3 is 15.8 Å². The highest BCUT2D eigenvalue weighted by atomic mass is 16.5. The van der Waals surface area contributed by atoms with Crippen LogP contribution in [0.15, 0.2) is 48.5 Å². The van der Waals surface area contributed by atoms with Crippen LogP contribution in [0.25, 0.3) is 0 Å². The Labute approximate surface area is 141 Å². The van der Waals surface area contributed by atoms with Crippen LogP contribution >= 0.6 is 0 Å². The first-order chi connectivity index (χ1) is 11.6. The van der Waals surface area contributed by atoms with Gasteiger partial charge in [-0.3, -0.25) is 9.59 Å². The molecule has 0 saturated heterocycles. The molecule has 0 saturated carbocycles. The molecule has 126 valence electrons. The van der Waals surface area contributed by atoms with Crippen molar-refractivity contribution in [3.63, 3.8) is 0 Å². The monoisotopic (exact) mass is 326 g/mol. The molecule has 0 aromatic heterocycles. The first-order valence-corrected chi connectivity index (χ1v) is 7.85. The molecule has 1 atom stereocenters. The molecule has 3 N–H and O–H groups in total. The fraction of sp³-hybridized carbons (Fsp3) is 0.263. The number of hydrogen-bond donors (Lipinski definition) is 2. The summed E-state index contributed by atoms with van der Waals surface area (Å²) >= 11 is 0. The van der Waals surface area contributed by atoms with Gasteiger partial charge in [0.2, 0.25) is 5.91 Å². The average Bonchev–Trinajstić information content (AvgIpc) is 2.61. The third-order valence-corrected chi connectivity index (χ3v) is 3.62. The summed E-state index contributed by atoms with van der Waals surface area (Å²) < 4.78 is 5.53. The molecule has 2 aromatic carbocycles. The van der Waals surface area contributed by atoms with E-state index in [9.17, 15) is 9.59 Å². The molecule has 2 aromatic rings. The van der Waals surface area contributed by atoms with Crippen molar-refractivity contribution < 1.29 is 14.3 Å². The number of hydrogen-bond acceptors (Lipinski definition) is 4. The van der Waals surface area contributed by atoms with Crippen molar-refractivity contribution in [3.05, 3.63) is 65.2 Å². The van der Waals surface area contributed by atoms with E-state index in [1.807, 2.05) is 31.2 Å². The van der Waals surface area contributed by atoms with Gasteiger partial charge in [0, 0.05) is 18.5 Å². The lowest BCUT2D eigenvalue weighted by atomic mass is 10.1. The maximum atomic E-state index is 12.0. The van der Waals surface area contributed by atoms with Crippen molar-refractivity contribution in [2.24, 2.45) is 5.73 Å². The van der Waals surface area contributed by atoms with E-state index in [-0.39, 0.29) is 5.91 Å². The quantitative estimate of drug-likeness (QED) is 0.729. The fourth-order valence-electron chi connectivity index (χ4n) is 2.14. The molecule has 0 bridgehead atoms. The van der Waals surface area contributed by atoms with E-state index < -0.39 is 6.04 Å². The van der Waals surface area contributed by atoms with Gasteiger partial charge in [0.05, 0.1) is 12.6 Å². The molecule has 0 heterocycles. The van der Waals surface area contributed by atoms with E-state index in [4.69, 9.17) is 10.5 Å². The normalized spacial score (nSPS) is 11.6. The molecule has 5 nitrogen and oxygen atoms in total. The number of nitrogens with one attached hydrogen (secondary N) is 1. The molecule has 1 amide bonds. The third kappa shape index (κ3) is 5.52. The summed E-state index contributed by atoms with van der Waals surface area (Å²) in [6, 6.07) is 14.2. The van der Waals surface area contributed by atoms with Gasteiger partial charge >= 0.3 is 0 Å². The Kier molecular flexibility index (Phi) is 6.51. The van der Waals surface area contributed by atoms with Crippen LogP contribution in [0, 0.1) is 6.92 Å². The summed E-state index contributed by atoms with van der Waals surface area (Å²) in [5.74, 6) is 0.382. The minimum Gasteiger partial charge on any atom is -0.493 e. The molecule has 0 unspecified atom stereocenters. The van der Waals surface area contributed by atoms with Crippen molar-refractivity contribution in [2.75, 3.05) is 6.61 Å². The number of rotatable bonds is 8. The van der Waals surface area contributed by atoms with Crippen LogP contribution in [0.4, 0.5) is 0 Å². The Balaban J connectivity index is 1.73. The second kappa shape index (κ2) is 8.84. The first-order valence-electron chi connectivity index (χ1n) is 7.85. The summed E-state index contributed by atoms with van der Waals surface area (Å²) in [5, 5.41) is 2.82. The third-order valence-electron chi connectivity index (χ3n) is 3.62. The predicted octanol–water partition coefficient (Wildman–Crippen LogP) is 2.22. The molecule has 2 rings (SSSR count). The lowest BCUT2D eigenvalue weighted by Gasteiger charge is -2.13. The lowest BCUT2D eigenvalue weighted by molar-refractivity contribution is -0.122. The van der Waals surface area contributed by atoms with Crippen LogP contribution < -0.4 is 15.8 Å². The van der Waals surface area contributed by atoms with E-state index in [1.54, 1.807) is 24.3 Å². The Bertz CT molecular complexity index is 683. The fourth-order valence-corrected chi connectivity index (χ4v) is 2.14. The van der Waals surface area contributed by atoms with E-state index in [0.29, 0.717) is 30.9 Å². The van der Waals surface area contributed by atoms with Crippen molar-refractivity contribution >= 4 is 12.2 Å². The van der Waals surface area contributed by atoms with Crippen LogP contribution in [0.2, 0.25) is 0 Å². The summed E-state index contributed by atoms with van der Waals surface area (Å²) in [6.07, 6.45) is 1.15. The molecule has 5 heteroatoms. The molecule has 0 aliphatic carbocycles. The molecular formula is C19H22N2O3. The number of amides is 1. The minimum absolute atomic E-state index is 0.208. The van der Waals surface area contributed by atoms with Crippen molar-refractivity contribution in [3.8, 4) is 5.75 Å². The zero-order valence-corrected chi connectivity index (χ0v) is 13.7. The Morgan fingerprint density at radius 2 is 2.00 bits per heavy atom. The number of aryl methyl sites for hydroxylation is 1. The number of aldehydes is 1. The number of carbonyl (C=O) groups is 2. The summed E-state index contributed by atoms with van der Waals surface area (Å²) in [5.41, 5.74) is 8.64. The Morgan fingerprint density at radius 1 is 1.25 bits per heavy atom. The van der Waals surface area contributed by atoms with Gasteiger partial charge in [0.25, 0.3) is 0 Å². The molecule has 0 aliphatic rings. The molecule has 0 fully saturated rings. The Morgan fingerprint density at radius 3 is 2.71 bits per heavy atom. The molecular weight excluding hydrogens is 304 g/mol. The van der Waals surface area contributed by atoms with Gasteiger partial charge in [-0.05, 0) is 24.6 Å². The van der Waals surface area contributed by atoms with Crippen LogP contribution in [0.3, 0.4) is 0 Å². The second-order valence-electron chi connectivity index (χ2n) is 5.64. The zero-order valence-electron chi connectivity index (χ0n) is 13.7. The van der Waals surface area contributed by atoms with Gasteiger partial charge in [-0.15, -0.1) is 0 Å². The smallest absolute Gasteiger partial charge is 0.237 e. The van der Waals surface area contributed by atoms with Gasteiger partial charge in [0.1, 0.15) is 12.0 Å². The van der Waals surface area contributed by atoms with Gasteiger partial charge in [-0.25, -0.2) is 0 Å². The van der Waals surface area contributed by atoms with Crippen LogP contribution in [0.5, 0.6) is 5.75 Å². The zero-order chi connectivity index (χ0) is 17.4. The largest absolute Gasteiger partial charge is 0.493 e. The number of benzene rings is 2. The maximum absolute atomic E-state index is 12.0. The average molecular weight is 326 g/mol. The molecule has 24 heavy (non-hydrogen) atoms. The van der Waals surface area contributed by atoms with Gasteiger partial charge in [-0.1, -0.05) is 42.0 Å². The Hall–Kier alpha value is -2.66. The van der Waals surface area contributed by atoms with Crippen LogP contribution in [-0.4, -0.2) is 24.8 Å². The van der Waals surface area contributed by atoms with E-state index in [2.05, 4.69) is 5.32 Å². The highest BCUT2D eigenvalue weighted by molar-refractivity contribution is 5.81. The number of nitrogens with two attached hydrogens (primary N) is 1. The summed E-state index contributed by atoms with van der Waals surface area (Å²) in [4.78, 5) is 22.7. The maximum Gasteiger partial charge on any atom is 0.237 e. The molecule has 0 spiro atoms. The van der Waals surface area contributed by atoms with Crippen molar-refractivity contribution in [2.45, 2.75) is 25.9 Å². The minimum atomic E-state index is -0.635. The molecule has 0 radical (unpaired) electrons. The van der Waals surface area contributed by atoms with Gasteiger partial charge in [-0.2, -0.15) is 0 Å². The second-order valence-corrected chi connectivity index (χ2v) is 5.64. The van der Waals surface area contributed by atoms with E-state index >= 15 is 0 Å². The summed E-state index contributed by atoms with van der Waals surface area (Å²) in [7, 11) is 0. The molecule has 0 aliphatic heterocycles. The number of ether oxygens (including phenoxy) is 1. The van der Waals surface area contributed by atoms with Gasteiger partial charge in [0.15, 0.2) is 0 Å². The highest BCUT2D eigenvalue weighted by Gasteiger charge is 2.13. The number of carbonyl (C=O) groups excluding carboxylic acids is 2. The topological polar surface area (TPSA) is 81.4 Å². The lowest BCUT2D eigenvalue weighted by Crippen LogP contribution is -2.41. The first kappa shape index (κ1) is 17.7. The predicted molar refractivity (Wildman–Crippen MR) is 92.9 cm³/mol.